The molecule has 0 aliphatic rings. The maximum absolute atomic E-state index is 12.4. The lowest BCUT2D eigenvalue weighted by Gasteiger charge is -2.19. The van der Waals surface area contributed by atoms with E-state index in [0.29, 0.717) is 17.3 Å². The molecule has 1 aromatic rings. The van der Waals surface area contributed by atoms with Crippen molar-refractivity contribution >= 4 is 17.3 Å². The zero-order valence-corrected chi connectivity index (χ0v) is 16.8. The van der Waals surface area contributed by atoms with Crippen molar-refractivity contribution in [3.05, 3.63) is 23.8 Å². The minimum absolute atomic E-state index is 0.128. The topological polar surface area (TPSA) is 75.2 Å². The summed E-state index contributed by atoms with van der Waals surface area (Å²) in [4.78, 5) is 12.4. The minimum Gasteiger partial charge on any atom is -0.372 e. The molecule has 25 heavy (non-hydrogen) atoms. The predicted molar refractivity (Wildman–Crippen MR) is 103 cm³/mol. The Bertz CT molecular complexity index is 492. The second-order valence-electron chi connectivity index (χ2n) is 6.06. The third-order valence-corrected chi connectivity index (χ3v) is 4.36. The highest BCUT2D eigenvalue weighted by Crippen LogP contribution is 2.21. The van der Waals surface area contributed by atoms with Gasteiger partial charge >= 0.3 is 0 Å². The molecular formula is C20H37N2O3+. The first-order valence-electron chi connectivity index (χ1n) is 9.47. The Labute approximate surface area is 153 Å². The number of amides is 1. The van der Waals surface area contributed by atoms with E-state index in [1.165, 1.54) is 12.8 Å². The summed E-state index contributed by atoms with van der Waals surface area (Å²) in [5.74, 6) is 0.525. The molecule has 144 valence electrons. The van der Waals surface area contributed by atoms with E-state index in [4.69, 9.17) is 9.94 Å². The van der Waals surface area contributed by atoms with Crippen LogP contribution >= 0.6 is 0 Å². The summed E-state index contributed by atoms with van der Waals surface area (Å²) >= 11 is 0. The van der Waals surface area contributed by atoms with E-state index in [1.807, 2.05) is 26.8 Å². The van der Waals surface area contributed by atoms with Crippen molar-refractivity contribution in [2.24, 2.45) is 5.92 Å². The first kappa shape index (κ1) is 23.6. The van der Waals surface area contributed by atoms with Gasteiger partial charge in [-0.1, -0.05) is 53.0 Å². The average molecular weight is 354 g/mol. The summed E-state index contributed by atoms with van der Waals surface area (Å²) in [6.45, 7) is 10.3. The smallest absolute Gasteiger partial charge is 0.253 e. The molecular weight excluding hydrogens is 316 g/mol. The van der Waals surface area contributed by atoms with Crippen LogP contribution in [0.4, 0.5) is 11.4 Å². The highest BCUT2D eigenvalue weighted by atomic mass is 16.5. The quantitative estimate of drug-likeness (QED) is 0.436. The van der Waals surface area contributed by atoms with Crippen LogP contribution in [0.5, 0.6) is 0 Å². The van der Waals surface area contributed by atoms with E-state index >= 15 is 0 Å². The number of methoxy groups -OCH3 is 1. The van der Waals surface area contributed by atoms with Gasteiger partial charge in [0.05, 0.1) is 0 Å². The van der Waals surface area contributed by atoms with Gasteiger partial charge in [-0.2, -0.15) is 5.48 Å². The first-order valence-corrected chi connectivity index (χ1v) is 9.47. The van der Waals surface area contributed by atoms with Gasteiger partial charge in [0.2, 0.25) is 0 Å². The molecule has 1 rings (SSSR count). The molecule has 0 aliphatic heterocycles. The molecule has 5 heteroatoms. The van der Waals surface area contributed by atoms with Crippen molar-refractivity contribution in [2.45, 2.75) is 72.8 Å². The molecule has 4 N–H and O–H groups in total. The number of quaternary nitrogens is 1. The number of ether oxygens (including phenoxy) is 1. The van der Waals surface area contributed by atoms with Gasteiger partial charge < -0.3 is 10.1 Å². The number of benzene rings is 1. The van der Waals surface area contributed by atoms with Crippen molar-refractivity contribution in [1.29, 1.82) is 0 Å². The van der Waals surface area contributed by atoms with Gasteiger partial charge in [-0.15, -0.1) is 0 Å². The maximum atomic E-state index is 12.4. The lowest BCUT2D eigenvalue weighted by Crippen LogP contribution is -2.73. The number of rotatable bonds is 10. The standard InChI is InChI=1S/C18H30N2O3.C2H6/c1-5-7-14(6-2)9-11-17(23-4)18(21)19-16-12-15(20-22)10-8-13(16)3;1-2/h8,10,12,14,17,20,22H,5-7,9,11H2,1-4H3,(H,19,21);1-2H3/p+1. The molecule has 0 heterocycles. The van der Waals surface area contributed by atoms with Gasteiger partial charge in [-0.05, 0) is 31.2 Å². The largest absolute Gasteiger partial charge is 0.372 e. The van der Waals surface area contributed by atoms with Gasteiger partial charge in [0, 0.05) is 24.9 Å². The van der Waals surface area contributed by atoms with Crippen LogP contribution in [0.15, 0.2) is 18.2 Å². The Balaban J connectivity index is 0.00000277. The summed E-state index contributed by atoms with van der Waals surface area (Å²) in [5, 5.41) is 12.0. The highest BCUT2D eigenvalue weighted by molar-refractivity contribution is 5.95. The third-order valence-electron chi connectivity index (χ3n) is 4.36. The summed E-state index contributed by atoms with van der Waals surface area (Å²) in [6, 6.07) is 5.43. The van der Waals surface area contributed by atoms with Crippen molar-refractivity contribution in [2.75, 3.05) is 12.4 Å². The van der Waals surface area contributed by atoms with E-state index in [2.05, 4.69) is 19.2 Å². The molecule has 0 fully saturated rings. The van der Waals surface area contributed by atoms with Crippen LogP contribution in [-0.4, -0.2) is 24.3 Å². The SMILES string of the molecule is CC.CCCC(CC)CCC(OC)C(=O)Nc1cc([NH2+]O)ccc1C. The maximum Gasteiger partial charge on any atom is 0.253 e. The number of nitrogens with one attached hydrogen (secondary N) is 1. The molecule has 0 radical (unpaired) electrons. The Hall–Kier alpha value is -1.43. The van der Waals surface area contributed by atoms with Gasteiger partial charge in [0.15, 0.2) is 5.69 Å². The summed E-state index contributed by atoms with van der Waals surface area (Å²) in [7, 11) is 1.58. The number of hydrogen-bond acceptors (Lipinski definition) is 3. The fourth-order valence-electron chi connectivity index (χ4n) is 2.77. The molecule has 0 aliphatic carbocycles. The number of hydrogen-bond donors (Lipinski definition) is 3. The van der Waals surface area contributed by atoms with Gasteiger partial charge in [0.25, 0.3) is 5.91 Å². The van der Waals surface area contributed by atoms with E-state index in [1.54, 1.807) is 19.2 Å². The molecule has 1 amide bonds. The van der Waals surface area contributed by atoms with Crippen LogP contribution in [0.1, 0.15) is 65.4 Å². The van der Waals surface area contributed by atoms with Gasteiger partial charge in [-0.25, -0.2) is 5.21 Å². The zero-order chi connectivity index (χ0) is 19.2. The normalized spacial score (nSPS) is 12.8. The van der Waals surface area contributed by atoms with Gasteiger partial charge in [0.1, 0.15) is 6.10 Å². The molecule has 0 aromatic heterocycles. The fraction of sp³-hybridized carbons (Fsp3) is 0.650. The summed E-state index contributed by atoms with van der Waals surface area (Å²) in [5.41, 5.74) is 3.35. The molecule has 1 aromatic carbocycles. The second kappa shape index (κ2) is 13.8. The Kier molecular flexibility index (Phi) is 13.0. The predicted octanol–water partition coefficient (Wildman–Crippen LogP) is 4.17. The van der Waals surface area contributed by atoms with Crippen LogP contribution < -0.4 is 10.8 Å². The van der Waals surface area contributed by atoms with Gasteiger partial charge in [-0.3, -0.25) is 4.79 Å². The van der Waals surface area contributed by atoms with E-state index in [0.717, 1.165) is 30.3 Å². The van der Waals surface area contributed by atoms with Crippen LogP contribution in [0.25, 0.3) is 0 Å². The van der Waals surface area contributed by atoms with Crippen LogP contribution in [0.2, 0.25) is 0 Å². The highest BCUT2D eigenvalue weighted by Gasteiger charge is 2.20. The van der Waals surface area contributed by atoms with E-state index < -0.39 is 6.10 Å². The van der Waals surface area contributed by atoms with Crippen LogP contribution in [0, 0.1) is 12.8 Å². The summed E-state index contributed by atoms with van der Waals surface area (Å²) in [6.07, 6.45) is 4.79. The monoisotopic (exact) mass is 353 g/mol. The molecule has 0 saturated heterocycles. The molecule has 2 unspecified atom stereocenters. The molecule has 5 nitrogen and oxygen atoms in total. The third kappa shape index (κ3) is 8.47. The van der Waals surface area contributed by atoms with Crippen LogP contribution in [-0.2, 0) is 9.53 Å². The van der Waals surface area contributed by atoms with E-state index in [-0.39, 0.29) is 5.91 Å². The van der Waals surface area contributed by atoms with E-state index in [9.17, 15) is 4.79 Å². The summed E-state index contributed by atoms with van der Waals surface area (Å²) < 4.78 is 5.38. The zero-order valence-electron chi connectivity index (χ0n) is 16.8. The molecule has 0 bridgehead atoms. The number of anilines is 1. The van der Waals surface area contributed by atoms with Crippen LogP contribution in [0.3, 0.4) is 0 Å². The fourth-order valence-corrected chi connectivity index (χ4v) is 2.77. The Morgan fingerprint density at radius 1 is 1.24 bits per heavy atom. The molecule has 0 saturated carbocycles. The number of carbonyl (C=O) groups is 1. The average Bonchev–Trinajstić information content (AvgIpc) is 2.64. The van der Waals surface area contributed by atoms with Crippen molar-refractivity contribution in [3.8, 4) is 0 Å². The number of nitrogens with two attached hydrogens (primary N) is 1. The Morgan fingerprint density at radius 2 is 1.92 bits per heavy atom. The van der Waals surface area contributed by atoms with Crippen molar-refractivity contribution in [3.63, 3.8) is 0 Å². The van der Waals surface area contributed by atoms with Crippen molar-refractivity contribution in [1.82, 2.24) is 0 Å². The minimum atomic E-state index is -0.443. The Morgan fingerprint density at radius 3 is 2.44 bits per heavy atom. The van der Waals surface area contributed by atoms with Crippen molar-refractivity contribution < 1.29 is 20.2 Å². The number of aryl methyl sites for hydroxylation is 1. The number of carbonyl (C=O) groups excluding carboxylic acids is 1. The molecule has 0 spiro atoms. The first-order chi connectivity index (χ1) is 12.0. The molecule has 2 atom stereocenters. The second-order valence-corrected chi connectivity index (χ2v) is 6.06. The lowest BCUT2D eigenvalue weighted by molar-refractivity contribution is -0.825. The lowest BCUT2D eigenvalue weighted by atomic mass is 9.93.